The summed E-state index contributed by atoms with van der Waals surface area (Å²) in [6.07, 6.45) is 8.65. The molecule has 172 valence electrons. The fourth-order valence-corrected chi connectivity index (χ4v) is 3.26. The second-order valence-electron chi connectivity index (χ2n) is 8.19. The van der Waals surface area contributed by atoms with Crippen molar-refractivity contribution in [1.29, 1.82) is 0 Å². The molecule has 0 aromatic heterocycles. The molecule has 0 aliphatic carbocycles. The number of hydrogen-bond donors (Lipinski definition) is 1. The van der Waals surface area contributed by atoms with Crippen molar-refractivity contribution in [3.05, 3.63) is 12.2 Å². The average molecular weight is 427 g/mol. The quantitative estimate of drug-likeness (QED) is 0.148. The fourth-order valence-electron chi connectivity index (χ4n) is 3.26. The molecule has 2 unspecified atom stereocenters. The van der Waals surface area contributed by atoms with Crippen LogP contribution in [-0.2, 0) is 28.6 Å². The maximum absolute atomic E-state index is 13.0. The normalized spacial score (nSPS) is 17.1. The number of unbranched alkanes of at least 4 members (excludes halogenated alkanes) is 7. The average Bonchev–Trinajstić information content (AvgIpc) is 3.52. The number of carboxylic acid groups (broad SMARTS) is 1. The first-order valence-corrected chi connectivity index (χ1v) is 11.2. The molecule has 0 aromatic rings. The van der Waals surface area contributed by atoms with Crippen molar-refractivity contribution in [1.82, 2.24) is 0 Å². The van der Waals surface area contributed by atoms with E-state index < -0.39 is 23.5 Å². The van der Waals surface area contributed by atoms with Gasteiger partial charge in [0.15, 0.2) is 0 Å². The van der Waals surface area contributed by atoms with Crippen LogP contribution in [0.15, 0.2) is 12.2 Å². The van der Waals surface area contributed by atoms with Crippen LogP contribution in [0.4, 0.5) is 0 Å². The van der Waals surface area contributed by atoms with E-state index in [-0.39, 0.29) is 24.7 Å². The van der Waals surface area contributed by atoms with Gasteiger partial charge in [0.25, 0.3) is 0 Å². The molecule has 2 atom stereocenters. The van der Waals surface area contributed by atoms with Gasteiger partial charge in [-0.15, -0.1) is 0 Å². The van der Waals surface area contributed by atoms with Gasteiger partial charge in [-0.05, 0) is 39.0 Å². The third-order valence-electron chi connectivity index (χ3n) is 5.22. The maximum atomic E-state index is 13.0. The van der Waals surface area contributed by atoms with E-state index in [0.29, 0.717) is 32.3 Å². The topological polar surface area (TPSA) is 102 Å². The summed E-state index contributed by atoms with van der Waals surface area (Å²) >= 11 is 0. The Morgan fingerprint density at radius 1 is 1.03 bits per heavy atom. The summed E-state index contributed by atoms with van der Waals surface area (Å²) in [5.41, 5.74) is -1.06. The Morgan fingerprint density at radius 2 is 1.60 bits per heavy atom. The summed E-state index contributed by atoms with van der Waals surface area (Å²) in [5.74, 6) is -1.86. The fraction of sp³-hybridized carbons (Fsp3) is 0.783. The second-order valence-corrected chi connectivity index (χ2v) is 8.19. The number of esters is 2. The minimum atomic E-state index is -1.31. The molecule has 0 radical (unpaired) electrons. The lowest BCUT2D eigenvalue weighted by molar-refractivity contribution is -0.183. The largest absolute Gasteiger partial charge is 0.481 e. The van der Waals surface area contributed by atoms with Gasteiger partial charge in [-0.2, -0.15) is 0 Å². The highest BCUT2D eigenvalue weighted by molar-refractivity contribution is 5.91. The number of carbonyl (C=O) groups excluding carboxylic acids is 2. The molecular weight excluding hydrogens is 388 g/mol. The van der Waals surface area contributed by atoms with Crippen molar-refractivity contribution < 1.29 is 33.7 Å². The molecule has 0 spiro atoms. The van der Waals surface area contributed by atoms with Gasteiger partial charge < -0.3 is 19.3 Å². The predicted molar refractivity (Wildman–Crippen MR) is 113 cm³/mol. The number of carboxylic acids is 1. The van der Waals surface area contributed by atoms with E-state index in [1.807, 2.05) is 0 Å². The molecule has 1 heterocycles. The summed E-state index contributed by atoms with van der Waals surface area (Å²) in [6.45, 7) is 8.08. The first kappa shape index (κ1) is 26.1. The number of carbonyl (C=O) groups is 3. The van der Waals surface area contributed by atoms with Crippen LogP contribution >= 0.6 is 0 Å². The first-order valence-electron chi connectivity index (χ1n) is 11.2. The molecule has 7 heteroatoms. The van der Waals surface area contributed by atoms with Gasteiger partial charge >= 0.3 is 17.9 Å². The smallest absolute Gasteiger partial charge is 0.350 e. The molecule has 0 saturated carbocycles. The third kappa shape index (κ3) is 10.8. The van der Waals surface area contributed by atoms with Crippen molar-refractivity contribution in [2.45, 2.75) is 103 Å². The van der Waals surface area contributed by atoms with Crippen molar-refractivity contribution in [2.24, 2.45) is 0 Å². The van der Waals surface area contributed by atoms with Crippen LogP contribution in [0.3, 0.4) is 0 Å². The Morgan fingerprint density at radius 3 is 2.13 bits per heavy atom. The first-order chi connectivity index (χ1) is 14.3. The molecule has 1 aliphatic heterocycles. The molecule has 1 N–H and O–H groups in total. The van der Waals surface area contributed by atoms with Crippen LogP contribution in [0.2, 0.25) is 0 Å². The Labute approximate surface area is 180 Å². The summed E-state index contributed by atoms with van der Waals surface area (Å²) < 4.78 is 16.3. The minimum absolute atomic E-state index is 0.0576. The second kappa shape index (κ2) is 14.2. The zero-order valence-corrected chi connectivity index (χ0v) is 18.6. The van der Waals surface area contributed by atoms with E-state index in [2.05, 4.69) is 13.5 Å². The Bertz CT molecular complexity index is 568. The number of hydrogen-bond acceptors (Lipinski definition) is 6. The van der Waals surface area contributed by atoms with Crippen molar-refractivity contribution in [3.8, 4) is 0 Å². The standard InChI is InChI=1S/C23H38O7/c1-4-5-6-11-14-23(30-21(26)18(2)3,22(27)29-17-19-16-28-19)15-12-9-7-8-10-13-20(24)25/h19H,2,4-17H2,1,3H3,(H,24,25). The summed E-state index contributed by atoms with van der Waals surface area (Å²) in [6, 6.07) is 0. The van der Waals surface area contributed by atoms with Crippen LogP contribution in [0.1, 0.15) is 90.9 Å². The monoisotopic (exact) mass is 426 g/mol. The highest BCUT2D eigenvalue weighted by Gasteiger charge is 2.44. The Hall–Kier alpha value is -1.89. The highest BCUT2D eigenvalue weighted by atomic mass is 16.6. The molecule has 1 aliphatic rings. The lowest BCUT2D eigenvalue weighted by Crippen LogP contribution is -2.45. The molecule has 7 nitrogen and oxygen atoms in total. The van der Waals surface area contributed by atoms with Gasteiger partial charge in [0.2, 0.25) is 5.60 Å². The molecule has 0 aromatic carbocycles. The Balaban J connectivity index is 2.72. The van der Waals surface area contributed by atoms with Crippen molar-refractivity contribution in [2.75, 3.05) is 13.2 Å². The number of ether oxygens (including phenoxy) is 3. The van der Waals surface area contributed by atoms with Crippen molar-refractivity contribution in [3.63, 3.8) is 0 Å². The van der Waals surface area contributed by atoms with Gasteiger partial charge in [0.1, 0.15) is 12.7 Å². The minimum Gasteiger partial charge on any atom is -0.481 e. The molecule has 1 saturated heterocycles. The molecule has 1 fully saturated rings. The van der Waals surface area contributed by atoms with Gasteiger partial charge in [-0.25, -0.2) is 9.59 Å². The number of rotatable bonds is 18. The molecule has 0 amide bonds. The summed E-state index contributed by atoms with van der Waals surface area (Å²) in [5, 5.41) is 8.71. The van der Waals surface area contributed by atoms with Crippen LogP contribution < -0.4 is 0 Å². The van der Waals surface area contributed by atoms with Gasteiger partial charge in [0, 0.05) is 12.0 Å². The molecule has 1 rings (SSSR count). The SMILES string of the molecule is C=C(C)C(=O)OC(CCCCCC)(CCCCCCCC(=O)O)C(=O)OCC1CO1. The van der Waals surface area contributed by atoms with Crippen LogP contribution in [-0.4, -0.2) is 47.9 Å². The molecular formula is C23H38O7. The van der Waals surface area contributed by atoms with Crippen LogP contribution in [0.5, 0.6) is 0 Å². The lowest BCUT2D eigenvalue weighted by Gasteiger charge is -2.31. The van der Waals surface area contributed by atoms with E-state index in [0.717, 1.165) is 44.9 Å². The summed E-state index contributed by atoms with van der Waals surface area (Å²) in [7, 11) is 0. The molecule has 30 heavy (non-hydrogen) atoms. The van der Waals surface area contributed by atoms with Crippen molar-refractivity contribution >= 4 is 17.9 Å². The summed E-state index contributed by atoms with van der Waals surface area (Å²) in [4.78, 5) is 35.9. The van der Waals surface area contributed by atoms with E-state index in [4.69, 9.17) is 19.3 Å². The van der Waals surface area contributed by atoms with Crippen LogP contribution in [0, 0.1) is 0 Å². The molecule has 0 bridgehead atoms. The third-order valence-corrected chi connectivity index (χ3v) is 5.22. The lowest BCUT2D eigenvalue weighted by atomic mass is 9.89. The maximum Gasteiger partial charge on any atom is 0.350 e. The van der Waals surface area contributed by atoms with Gasteiger partial charge in [-0.1, -0.05) is 52.0 Å². The highest BCUT2D eigenvalue weighted by Crippen LogP contribution is 2.30. The van der Waals surface area contributed by atoms with E-state index in [1.165, 1.54) is 0 Å². The Kier molecular flexibility index (Phi) is 12.4. The number of epoxide rings is 1. The van der Waals surface area contributed by atoms with E-state index in [1.54, 1.807) is 6.92 Å². The number of aliphatic carboxylic acids is 1. The van der Waals surface area contributed by atoms with E-state index in [9.17, 15) is 14.4 Å². The zero-order chi connectivity index (χ0) is 22.4. The van der Waals surface area contributed by atoms with Gasteiger partial charge in [0.05, 0.1) is 6.61 Å². The van der Waals surface area contributed by atoms with Gasteiger partial charge in [-0.3, -0.25) is 4.79 Å². The predicted octanol–water partition coefficient (Wildman–Crippen LogP) is 4.57. The van der Waals surface area contributed by atoms with Crippen LogP contribution in [0.25, 0.3) is 0 Å². The van der Waals surface area contributed by atoms with E-state index >= 15 is 0 Å². The zero-order valence-electron chi connectivity index (χ0n) is 18.6.